The first-order valence-electron chi connectivity index (χ1n) is 4.76. The molecule has 0 aliphatic rings. The molecular formula is C11H9ClN4O. The second-order valence-electron chi connectivity index (χ2n) is 3.19. The third-order valence-corrected chi connectivity index (χ3v) is 2.18. The van der Waals surface area contributed by atoms with Gasteiger partial charge in [0.15, 0.2) is 0 Å². The van der Waals surface area contributed by atoms with Crippen LogP contribution in [-0.2, 0) is 0 Å². The third-order valence-electron chi connectivity index (χ3n) is 1.93. The van der Waals surface area contributed by atoms with Crippen molar-refractivity contribution < 1.29 is 4.74 Å². The molecule has 0 aliphatic heterocycles. The summed E-state index contributed by atoms with van der Waals surface area (Å²) in [6.45, 7) is 0. The Kier molecular flexibility index (Phi) is 3.20. The summed E-state index contributed by atoms with van der Waals surface area (Å²) in [5.41, 5.74) is 5.64. The van der Waals surface area contributed by atoms with E-state index in [0.29, 0.717) is 16.5 Å². The standard InChI is InChI=1S/C11H9ClN4O/c12-7-1-3-8(4-2-7)17-11-15-6-5-9(16-11)10(13)14/h1-6H,(H3,13,14). The van der Waals surface area contributed by atoms with Crippen LogP contribution in [-0.4, -0.2) is 15.8 Å². The fourth-order valence-electron chi connectivity index (χ4n) is 1.15. The Bertz CT molecular complexity index is 541. The largest absolute Gasteiger partial charge is 0.424 e. The number of benzene rings is 1. The predicted molar refractivity (Wildman–Crippen MR) is 64.6 cm³/mol. The molecule has 0 bridgehead atoms. The Balaban J connectivity index is 2.21. The smallest absolute Gasteiger partial charge is 0.322 e. The Morgan fingerprint density at radius 1 is 1.24 bits per heavy atom. The number of rotatable bonds is 3. The zero-order chi connectivity index (χ0) is 12.3. The van der Waals surface area contributed by atoms with Gasteiger partial charge in [-0.2, -0.15) is 4.98 Å². The Hall–Kier alpha value is -2.14. The van der Waals surface area contributed by atoms with Crippen molar-refractivity contribution in [3.63, 3.8) is 0 Å². The van der Waals surface area contributed by atoms with Crippen molar-refractivity contribution in [2.24, 2.45) is 5.73 Å². The molecule has 0 aliphatic carbocycles. The average molecular weight is 249 g/mol. The van der Waals surface area contributed by atoms with Crippen LogP contribution in [0.25, 0.3) is 0 Å². The molecular weight excluding hydrogens is 240 g/mol. The van der Waals surface area contributed by atoms with E-state index < -0.39 is 0 Å². The van der Waals surface area contributed by atoms with E-state index in [0.717, 1.165) is 0 Å². The van der Waals surface area contributed by atoms with Crippen molar-refractivity contribution in [3.05, 3.63) is 47.2 Å². The normalized spacial score (nSPS) is 9.94. The van der Waals surface area contributed by atoms with Crippen LogP contribution in [0.1, 0.15) is 5.69 Å². The maximum Gasteiger partial charge on any atom is 0.322 e. The number of nitrogens with one attached hydrogen (secondary N) is 1. The van der Waals surface area contributed by atoms with Crippen molar-refractivity contribution in [1.82, 2.24) is 9.97 Å². The van der Waals surface area contributed by atoms with Crippen LogP contribution in [0.2, 0.25) is 5.02 Å². The van der Waals surface area contributed by atoms with Gasteiger partial charge in [0.05, 0.1) is 0 Å². The van der Waals surface area contributed by atoms with Crippen LogP contribution in [0.3, 0.4) is 0 Å². The van der Waals surface area contributed by atoms with Crippen LogP contribution in [0.15, 0.2) is 36.5 Å². The number of aromatic nitrogens is 2. The SMILES string of the molecule is N=C(N)c1ccnc(Oc2ccc(Cl)cc2)n1. The third kappa shape index (κ3) is 2.92. The number of nitrogen functional groups attached to an aromatic ring is 1. The highest BCUT2D eigenvalue weighted by Gasteiger charge is 2.03. The lowest BCUT2D eigenvalue weighted by Gasteiger charge is -2.04. The van der Waals surface area contributed by atoms with Crippen LogP contribution >= 0.6 is 11.6 Å². The summed E-state index contributed by atoms with van der Waals surface area (Å²) >= 11 is 5.75. The minimum atomic E-state index is -0.131. The van der Waals surface area contributed by atoms with Gasteiger partial charge >= 0.3 is 6.01 Å². The first-order chi connectivity index (χ1) is 8.15. The minimum Gasteiger partial charge on any atom is -0.424 e. The molecule has 17 heavy (non-hydrogen) atoms. The van der Waals surface area contributed by atoms with E-state index in [1.54, 1.807) is 24.3 Å². The minimum absolute atomic E-state index is 0.131. The van der Waals surface area contributed by atoms with Gasteiger partial charge in [0.1, 0.15) is 17.3 Å². The van der Waals surface area contributed by atoms with Crippen LogP contribution in [0.5, 0.6) is 11.8 Å². The van der Waals surface area contributed by atoms with Gasteiger partial charge in [-0.1, -0.05) is 11.6 Å². The molecule has 0 saturated carbocycles. The zero-order valence-corrected chi connectivity index (χ0v) is 9.48. The summed E-state index contributed by atoms with van der Waals surface area (Å²) in [6.07, 6.45) is 1.48. The summed E-state index contributed by atoms with van der Waals surface area (Å²) < 4.78 is 5.39. The van der Waals surface area contributed by atoms with Gasteiger partial charge < -0.3 is 10.5 Å². The number of ether oxygens (including phenoxy) is 1. The zero-order valence-electron chi connectivity index (χ0n) is 8.72. The van der Waals surface area contributed by atoms with Crippen LogP contribution < -0.4 is 10.5 Å². The fraction of sp³-hybridized carbons (Fsp3) is 0. The van der Waals surface area contributed by atoms with Crippen LogP contribution in [0.4, 0.5) is 0 Å². The molecule has 6 heteroatoms. The van der Waals surface area contributed by atoms with Crippen molar-refractivity contribution in [1.29, 1.82) is 5.41 Å². The maximum atomic E-state index is 7.25. The molecule has 1 aromatic carbocycles. The second-order valence-corrected chi connectivity index (χ2v) is 3.63. The summed E-state index contributed by atoms with van der Waals surface area (Å²) in [5.74, 6) is 0.434. The molecule has 0 saturated heterocycles. The molecule has 2 aromatic rings. The first kappa shape index (κ1) is 11.3. The molecule has 0 amide bonds. The van der Waals surface area contributed by atoms with Crippen molar-refractivity contribution in [2.75, 3.05) is 0 Å². The molecule has 1 aromatic heterocycles. The van der Waals surface area contributed by atoms with Gasteiger partial charge in [-0.3, -0.25) is 5.41 Å². The topological polar surface area (TPSA) is 84.9 Å². The number of hydrogen-bond donors (Lipinski definition) is 2. The van der Waals surface area contributed by atoms with Gasteiger partial charge in [0, 0.05) is 11.2 Å². The molecule has 0 fully saturated rings. The van der Waals surface area contributed by atoms with Crippen molar-refractivity contribution in [2.45, 2.75) is 0 Å². The molecule has 2 rings (SSSR count). The molecule has 0 atom stereocenters. The van der Waals surface area contributed by atoms with Crippen molar-refractivity contribution in [3.8, 4) is 11.8 Å². The lowest BCUT2D eigenvalue weighted by atomic mass is 10.3. The lowest BCUT2D eigenvalue weighted by molar-refractivity contribution is 0.441. The van der Waals surface area contributed by atoms with Gasteiger partial charge in [0.2, 0.25) is 0 Å². The number of amidine groups is 1. The fourth-order valence-corrected chi connectivity index (χ4v) is 1.27. The van der Waals surface area contributed by atoms with E-state index in [2.05, 4.69) is 9.97 Å². The van der Waals surface area contributed by atoms with E-state index in [1.165, 1.54) is 12.3 Å². The van der Waals surface area contributed by atoms with Gasteiger partial charge in [-0.05, 0) is 30.3 Å². The summed E-state index contributed by atoms with van der Waals surface area (Å²) in [5, 5.41) is 7.88. The van der Waals surface area contributed by atoms with E-state index in [9.17, 15) is 0 Å². The molecule has 0 unspecified atom stereocenters. The van der Waals surface area contributed by atoms with Crippen LogP contribution in [0, 0.1) is 5.41 Å². The molecule has 1 heterocycles. The van der Waals surface area contributed by atoms with Crippen molar-refractivity contribution >= 4 is 17.4 Å². The maximum absolute atomic E-state index is 7.25. The molecule has 0 spiro atoms. The van der Waals surface area contributed by atoms with Gasteiger partial charge in [-0.15, -0.1) is 0 Å². The quantitative estimate of drug-likeness (QED) is 0.644. The number of halogens is 1. The highest BCUT2D eigenvalue weighted by molar-refractivity contribution is 6.30. The van der Waals surface area contributed by atoms with E-state index >= 15 is 0 Å². The summed E-state index contributed by atoms with van der Waals surface area (Å²) in [6, 6.07) is 8.48. The highest BCUT2D eigenvalue weighted by Crippen LogP contribution is 2.19. The molecule has 86 valence electrons. The lowest BCUT2D eigenvalue weighted by Crippen LogP contribution is -2.13. The summed E-state index contributed by atoms with van der Waals surface area (Å²) in [4.78, 5) is 7.90. The highest BCUT2D eigenvalue weighted by atomic mass is 35.5. The summed E-state index contributed by atoms with van der Waals surface area (Å²) in [7, 11) is 0. The van der Waals surface area contributed by atoms with Gasteiger partial charge in [0.25, 0.3) is 0 Å². The van der Waals surface area contributed by atoms with E-state index in [-0.39, 0.29) is 11.8 Å². The predicted octanol–water partition coefficient (Wildman–Crippen LogP) is 2.21. The Labute approximate surface area is 103 Å². The van der Waals surface area contributed by atoms with Gasteiger partial charge in [-0.25, -0.2) is 4.98 Å². The first-order valence-corrected chi connectivity index (χ1v) is 5.14. The monoisotopic (exact) mass is 248 g/mol. The number of hydrogen-bond acceptors (Lipinski definition) is 4. The second kappa shape index (κ2) is 4.80. The molecule has 5 nitrogen and oxygen atoms in total. The van der Waals surface area contributed by atoms with E-state index in [4.69, 9.17) is 27.5 Å². The van der Waals surface area contributed by atoms with E-state index in [1.807, 2.05) is 0 Å². The molecule has 0 radical (unpaired) electrons. The number of nitrogens with zero attached hydrogens (tertiary/aromatic N) is 2. The molecule has 3 N–H and O–H groups in total. The average Bonchev–Trinajstić information content (AvgIpc) is 2.32. The Morgan fingerprint density at radius 3 is 2.59 bits per heavy atom. The Morgan fingerprint density at radius 2 is 1.94 bits per heavy atom. The number of nitrogens with two attached hydrogens (primary N) is 1.